The van der Waals surface area contributed by atoms with Gasteiger partial charge in [-0.3, -0.25) is 24.5 Å². The van der Waals surface area contributed by atoms with Gasteiger partial charge in [-0.05, 0) is 31.2 Å². The Morgan fingerprint density at radius 3 is 2.60 bits per heavy atom. The largest absolute Gasteiger partial charge is 0.477 e. The molecule has 25 heavy (non-hydrogen) atoms. The highest BCUT2D eigenvalue weighted by molar-refractivity contribution is 6.03. The van der Waals surface area contributed by atoms with E-state index >= 15 is 0 Å². The molecule has 0 spiro atoms. The third-order valence-corrected chi connectivity index (χ3v) is 3.25. The van der Waals surface area contributed by atoms with Crippen LogP contribution in [-0.2, 0) is 4.79 Å². The van der Waals surface area contributed by atoms with E-state index in [9.17, 15) is 24.5 Å². The number of nitro benzene ring substituents is 1. The molecule has 0 heterocycles. The predicted octanol–water partition coefficient (Wildman–Crippen LogP) is 2.63. The number of carbonyl (C=O) groups excluding carboxylic acids is 3. The molecule has 0 aliphatic carbocycles. The van der Waals surface area contributed by atoms with Crippen LogP contribution in [0.1, 0.15) is 27.6 Å². The van der Waals surface area contributed by atoms with E-state index in [0.29, 0.717) is 17.5 Å². The molecule has 0 aliphatic heterocycles. The summed E-state index contributed by atoms with van der Waals surface area (Å²) in [5, 5.41) is 13.5. The zero-order chi connectivity index (χ0) is 18.4. The fourth-order valence-corrected chi connectivity index (χ4v) is 2.10. The summed E-state index contributed by atoms with van der Waals surface area (Å²) in [6.45, 7) is 0.882. The van der Waals surface area contributed by atoms with Crippen molar-refractivity contribution in [2.75, 3.05) is 11.9 Å². The van der Waals surface area contributed by atoms with Gasteiger partial charge in [0.25, 0.3) is 5.91 Å². The zero-order valence-electron chi connectivity index (χ0n) is 13.2. The van der Waals surface area contributed by atoms with Crippen LogP contribution in [0.4, 0.5) is 11.4 Å². The third kappa shape index (κ3) is 4.47. The molecular weight excluding hydrogens is 328 g/mol. The van der Waals surface area contributed by atoms with E-state index in [2.05, 4.69) is 5.32 Å². The van der Waals surface area contributed by atoms with Gasteiger partial charge in [-0.25, -0.2) is 0 Å². The molecule has 2 rings (SSSR count). The van der Waals surface area contributed by atoms with Gasteiger partial charge >= 0.3 is 5.69 Å². The van der Waals surface area contributed by atoms with Crippen molar-refractivity contribution in [3.05, 3.63) is 63.7 Å². The fourth-order valence-electron chi connectivity index (χ4n) is 2.10. The highest BCUT2D eigenvalue weighted by Gasteiger charge is 2.17. The summed E-state index contributed by atoms with van der Waals surface area (Å²) >= 11 is 0. The van der Waals surface area contributed by atoms with E-state index in [0.717, 1.165) is 6.07 Å². The number of ether oxygens (including phenoxy) is 1. The normalized spacial score (nSPS) is 9.96. The molecule has 2 aromatic rings. The molecular formula is C17H14N2O6. The number of anilines is 1. The maximum absolute atomic E-state index is 12.0. The fraction of sp³-hybridized carbons (Fsp3) is 0.118. The molecule has 0 saturated heterocycles. The van der Waals surface area contributed by atoms with Crippen molar-refractivity contribution in [1.82, 2.24) is 0 Å². The Bertz CT molecular complexity index is 847. The van der Waals surface area contributed by atoms with Crippen molar-refractivity contribution in [3.63, 3.8) is 0 Å². The van der Waals surface area contributed by atoms with Gasteiger partial charge in [-0.1, -0.05) is 12.1 Å². The van der Waals surface area contributed by atoms with Gasteiger partial charge < -0.3 is 10.1 Å². The van der Waals surface area contributed by atoms with Crippen molar-refractivity contribution in [2.45, 2.75) is 6.92 Å². The first kappa shape index (κ1) is 17.8. The predicted molar refractivity (Wildman–Crippen MR) is 89.1 cm³/mol. The van der Waals surface area contributed by atoms with E-state index in [1.54, 1.807) is 24.3 Å². The summed E-state index contributed by atoms with van der Waals surface area (Å²) in [4.78, 5) is 44.5. The van der Waals surface area contributed by atoms with E-state index in [1.165, 1.54) is 19.1 Å². The van der Waals surface area contributed by atoms with Gasteiger partial charge in [0.15, 0.2) is 18.1 Å². The number of carbonyl (C=O) groups is 3. The van der Waals surface area contributed by atoms with Crippen molar-refractivity contribution >= 4 is 29.4 Å². The Morgan fingerprint density at radius 2 is 1.96 bits per heavy atom. The monoisotopic (exact) mass is 342 g/mol. The number of hydrogen-bond donors (Lipinski definition) is 1. The van der Waals surface area contributed by atoms with Crippen LogP contribution in [0.5, 0.6) is 5.75 Å². The summed E-state index contributed by atoms with van der Waals surface area (Å²) in [6.07, 6.45) is 0.474. The Hall–Kier alpha value is -3.55. The number of Topliss-reactive ketones (excluding diaryl/α,β-unsaturated/α-hetero) is 1. The Balaban J connectivity index is 2.09. The van der Waals surface area contributed by atoms with Gasteiger partial charge in [0.1, 0.15) is 6.29 Å². The second-order valence-corrected chi connectivity index (χ2v) is 5.04. The number of hydrogen-bond acceptors (Lipinski definition) is 6. The maximum Gasteiger partial charge on any atom is 0.311 e. The lowest BCUT2D eigenvalue weighted by Crippen LogP contribution is -2.21. The Kier molecular flexibility index (Phi) is 5.57. The first-order chi connectivity index (χ1) is 11.9. The van der Waals surface area contributed by atoms with Gasteiger partial charge in [0.2, 0.25) is 0 Å². The number of ketones is 1. The molecule has 2 aromatic carbocycles. The number of nitro groups is 1. The molecule has 8 heteroatoms. The molecule has 0 aliphatic rings. The molecule has 128 valence electrons. The number of nitrogens with zero attached hydrogens (tertiary/aromatic N) is 1. The smallest absolute Gasteiger partial charge is 0.311 e. The molecule has 8 nitrogen and oxygen atoms in total. The number of aldehydes is 1. The van der Waals surface area contributed by atoms with Crippen LogP contribution < -0.4 is 10.1 Å². The van der Waals surface area contributed by atoms with E-state index in [-0.39, 0.29) is 17.1 Å². The first-order valence-electron chi connectivity index (χ1n) is 7.18. The van der Waals surface area contributed by atoms with Crippen molar-refractivity contribution in [1.29, 1.82) is 0 Å². The summed E-state index contributed by atoms with van der Waals surface area (Å²) in [5.41, 5.74) is 0.381. The SMILES string of the molecule is CC(=O)c1ccccc1NC(=O)COc1ccc(C=O)cc1[N+](=O)[O-]. The summed E-state index contributed by atoms with van der Waals surface area (Å²) in [7, 11) is 0. The molecule has 0 unspecified atom stereocenters. The summed E-state index contributed by atoms with van der Waals surface area (Å²) in [6, 6.07) is 10.1. The Labute approximate surface area is 142 Å². The number of amides is 1. The average Bonchev–Trinajstić information content (AvgIpc) is 2.60. The molecule has 1 amide bonds. The second kappa shape index (κ2) is 7.82. The lowest BCUT2D eigenvalue weighted by atomic mass is 10.1. The van der Waals surface area contributed by atoms with Gasteiger partial charge in [-0.15, -0.1) is 0 Å². The molecule has 1 N–H and O–H groups in total. The van der Waals surface area contributed by atoms with Gasteiger partial charge in [-0.2, -0.15) is 0 Å². The minimum atomic E-state index is -0.703. The Morgan fingerprint density at radius 1 is 1.24 bits per heavy atom. The highest BCUT2D eigenvalue weighted by atomic mass is 16.6. The van der Waals surface area contributed by atoms with Crippen LogP contribution in [0.25, 0.3) is 0 Å². The zero-order valence-corrected chi connectivity index (χ0v) is 13.2. The molecule has 0 saturated carbocycles. The van der Waals surface area contributed by atoms with Crippen LogP contribution >= 0.6 is 0 Å². The van der Waals surface area contributed by atoms with Crippen LogP contribution in [-0.4, -0.2) is 29.5 Å². The topological polar surface area (TPSA) is 116 Å². The van der Waals surface area contributed by atoms with Crippen LogP contribution in [0.2, 0.25) is 0 Å². The number of rotatable bonds is 7. The number of nitrogens with one attached hydrogen (secondary N) is 1. The lowest BCUT2D eigenvalue weighted by Gasteiger charge is -2.10. The minimum Gasteiger partial charge on any atom is -0.477 e. The van der Waals surface area contributed by atoms with Crippen LogP contribution in [0.15, 0.2) is 42.5 Å². The van der Waals surface area contributed by atoms with Crippen molar-refractivity contribution in [2.24, 2.45) is 0 Å². The number of benzene rings is 2. The van der Waals surface area contributed by atoms with E-state index in [4.69, 9.17) is 4.74 Å². The first-order valence-corrected chi connectivity index (χ1v) is 7.18. The third-order valence-electron chi connectivity index (χ3n) is 3.25. The summed E-state index contributed by atoms with van der Waals surface area (Å²) in [5.74, 6) is -0.926. The van der Waals surface area contributed by atoms with Crippen molar-refractivity contribution in [3.8, 4) is 5.75 Å². The van der Waals surface area contributed by atoms with Crippen LogP contribution in [0.3, 0.4) is 0 Å². The van der Waals surface area contributed by atoms with Crippen molar-refractivity contribution < 1.29 is 24.0 Å². The highest BCUT2D eigenvalue weighted by Crippen LogP contribution is 2.27. The quantitative estimate of drug-likeness (QED) is 0.358. The average molecular weight is 342 g/mol. The summed E-state index contributed by atoms with van der Waals surface area (Å²) < 4.78 is 5.18. The molecule has 0 atom stereocenters. The minimum absolute atomic E-state index is 0.124. The molecule has 0 bridgehead atoms. The maximum atomic E-state index is 12.0. The molecule has 0 aromatic heterocycles. The van der Waals surface area contributed by atoms with E-state index < -0.39 is 23.1 Å². The van der Waals surface area contributed by atoms with E-state index in [1.807, 2.05) is 0 Å². The lowest BCUT2D eigenvalue weighted by molar-refractivity contribution is -0.385. The number of para-hydroxylation sites is 1. The molecule has 0 fully saturated rings. The van der Waals surface area contributed by atoms with Gasteiger partial charge in [0, 0.05) is 17.2 Å². The second-order valence-electron chi connectivity index (χ2n) is 5.04. The van der Waals surface area contributed by atoms with Crippen LogP contribution in [0, 0.1) is 10.1 Å². The van der Waals surface area contributed by atoms with Gasteiger partial charge in [0.05, 0.1) is 10.6 Å². The standard InChI is InChI=1S/C17H14N2O6/c1-11(21)13-4-2-3-5-14(13)18-17(22)10-25-16-7-6-12(9-20)8-15(16)19(23)24/h2-9H,10H2,1H3,(H,18,22). The molecule has 0 radical (unpaired) electrons.